The van der Waals surface area contributed by atoms with Crippen LogP contribution < -0.4 is 26.3 Å². The van der Waals surface area contributed by atoms with Crippen molar-refractivity contribution < 1.29 is 19.1 Å². The van der Waals surface area contributed by atoms with Crippen LogP contribution in [0.15, 0.2) is 57.6 Å². The molecular formula is C19H20N8O5. The lowest BCUT2D eigenvalue weighted by Gasteiger charge is -2.22. The number of carbonyl (C=O) groups excluding carboxylic acids is 1. The number of rotatable bonds is 5. The second kappa shape index (κ2) is 7.94. The first kappa shape index (κ1) is 20.7. The van der Waals surface area contributed by atoms with Gasteiger partial charge >= 0.3 is 6.03 Å². The summed E-state index contributed by atoms with van der Waals surface area (Å²) in [5.74, 6) is 0.951. The number of aromatic nitrogens is 1. The smallest absolute Gasteiger partial charge is 0.325 e. The molecule has 3 heterocycles. The van der Waals surface area contributed by atoms with E-state index in [1.165, 1.54) is 29.6 Å². The number of hydrazine groups is 1. The van der Waals surface area contributed by atoms with Gasteiger partial charge in [0.05, 0.1) is 17.2 Å². The zero-order valence-corrected chi connectivity index (χ0v) is 17.4. The minimum Gasteiger partial charge on any atom is -0.373 e. The molecule has 4 N–H and O–H groups in total. The molecule has 13 nitrogen and oxygen atoms in total. The minimum absolute atomic E-state index is 0.0179. The number of hydroxylamine groups is 2. The molecule has 0 fully saturated rings. The summed E-state index contributed by atoms with van der Waals surface area (Å²) < 4.78 is 5.21. The number of hydrogen-bond acceptors (Lipinski definition) is 10. The summed E-state index contributed by atoms with van der Waals surface area (Å²) >= 11 is 0. The van der Waals surface area contributed by atoms with E-state index in [-0.39, 0.29) is 28.4 Å². The van der Waals surface area contributed by atoms with Gasteiger partial charge in [0.2, 0.25) is 0 Å². The van der Waals surface area contributed by atoms with E-state index in [0.29, 0.717) is 17.2 Å². The molecule has 166 valence electrons. The molecule has 1 aromatic carbocycles. The van der Waals surface area contributed by atoms with Crippen molar-refractivity contribution in [1.82, 2.24) is 21.1 Å². The molecule has 0 aliphatic carbocycles. The molecule has 4 rings (SSSR count). The van der Waals surface area contributed by atoms with E-state index < -0.39 is 11.0 Å². The number of nitro groups is 1. The first-order valence-electron chi connectivity index (χ1n) is 9.47. The fraction of sp³-hybridized carbons (Fsp3) is 0.211. The summed E-state index contributed by atoms with van der Waals surface area (Å²) in [6.07, 6.45) is 4.67. The first-order chi connectivity index (χ1) is 15.2. The highest BCUT2D eigenvalue weighted by atomic mass is 16.7. The van der Waals surface area contributed by atoms with Crippen LogP contribution in [-0.4, -0.2) is 27.5 Å². The molecule has 2 aliphatic rings. The number of urea groups is 1. The van der Waals surface area contributed by atoms with E-state index in [2.05, 4.69) is 31.6 Å². The van der Waals surface area contributed by atoms with Gasteiger partial charge in [0, 0.05) is 17.7 Å². The number of fused-ring (bicyclic) bond motifs is 1. The average Bonchev–Trinajstić information content (AvgIpc) is 3.38. The van der Waals surface area contributed by atoms with Crippen LogP contribution in [0, 0.1) is 10.1 Å². The maximum atomic E-state index is 12.3. The Bertz CT molecular complexity index is 1160. The van der Waals surface area contributed by atoms with Gasteiger partial charge in [0.15, 0.2) is 11.6 Å². The second-order valence-electron chi connectivity index (χ2n) is 7.86. The van der Waals surface area contributed by atoms with Gasteiger partial charge in [0.25, 0.3) is 5.69 Å². The van der Waals surface area contributed by atoms with Crippen LogP contribution in [-0.2, 0) is 5.41 Å². The number of nitrogens with one attached hydrogen (secondary N) is 4. The van der Waals surface area contributed by atoms with E-state index in [4.69, 9.17) is 9.36 Å². The van der Waals surface area contributed by atoms with E-state index in [1.54, 1.807) is 18.5 Å². The van der Waals surface area contributed by atoms with E-state index in [0.717, 1.165) is 0 Å². The predicted molar refractivity (Wildman–Crippen MR) is 114 cm³/mol. The number of benzene rings is 1. The van der Waals surface area contributed by atoms with Gasteiger partial charge in [-0.3, -0.25) is 20.9 Å². The Morgan fingerprint density at radius 3 is 2.81 bits per heavy atom. The third-order valence-electron chi connectivity index (χ3n) is 4.41. The van der Waals surface area contributed by atoms with E-state index in [1.807, 2.05) is 20.8 Å². The number of anilines is 2. The molecule has 0 atom stereocenters. The number of nitrogens with zero attached hydrogens (tertiary/aromatic N) is 4. The van der Waals surface area contributed by atoms with Crippen LogP contribution >= 0.6 is 0 Å². The molecule has 2 aromatic rings. The van der Waals surface area contributed by atoms with Crippen molar-refractivity contribution in [2.45, 2.75) is 26.2 Å². The molecule has 0 spiro atoms. The fourth-order valence-corrected chi connectivity index (χ4v) is 2.80. The molecule has 32 heavy (non-hydrogen) atoms. The number of carbonyl (C=O) groups is 1. The zero-order valence-electron chi connectivity index (χ0n) is 17.4. The van der Waals surface area contributed by atoms with Crippen LogP contribution in [0.25, 0.3) is 0 Å². The summed E-state index contributed by atoms with van der Waals surface area (Å²) in [6.45, 7) is 5.81. The van der Waals surface area contributed by atoms with Crippen molar-refractivity contribution in [1.29, 1.82) is 0 Å². The monoisotopic (exact) mass is 440 g/mol. The Labute approximate surface area is 181 Å². The summed E-state index contributed by atoms with van der Waals surface area (Å²) in [4.78, 5) is 33.0. The van der Waals surface area contributed by atoms with Crippen LogP contribution in [0.4, 0.5) is 22.0 Å². The lowest BCUT2D eigenvalue weighted by Crippen LogP contribution is -2.29. The topological polar surface area (TPSA) is 159 Å². The summed E-state index contributed by atoms with van der Waals surface area (Å²) in [6, 6.07) is 4.94. The lowest BCUT2D eigenvalue weighted by molar-refractivity contribution is -0.384. The summed E-state index contributed by atoms with van der Waals surface area (Å²) in [5.41, 5.74) is 6.36. The van der Waals surface area contributed by atoms with Crippen molar-refractivity contribution in [2.24, 2.45) is 4.99 Å². The molecule has 2 amide bonds. The molecule has 13 heteroatoms. The number of amides is 2. The summed E-state index contributed by atoms with van der Waals surface area (Å²) in [5, 5.41) is 21.6. The van der Waals surface area contributed by atoms with Gasteiger partial charge in [-0.25, -0.2) is 9.79 Å². The third-order valence-corrected chi connectivity index (χ3v) is 4.41. The fourth-order valence-electron chi connectivity index (χ4n) is 2.80. The van der Waals surface area contributed by atoms with Crippen LogP contribution in [0.1, 0.15) is 26.5 Å². The van der Waals surface area contributed by atoms with Crippen LogP contribution in [0.3, 0.4) is 0 Å². The van der Waals surface area contributed by atoms with Crippen molar-refractivity contribution in [3.05, 3.63) is 63.9 Å². The van der Waals surface area contributed by atoms with E-state index in [9.17, 15) is 14.9 Å². The lowest BCUT2D eigenvalue weighted by atomic mass is 9.93. The quantitative estimate of drug-likeness (QED) is 0.405. The Morgan fingerprint density at radius 1 is 1.28 bits per heavy atom. The molecule has 0 unspecified atom stereocenters. The van der Waals surface area contributed by atoms with Crippen molar-refractivity contribution in [3.63, 3.8) is 0 Å². The minimum atomic E-state index is -0.707. The largest absolute Gasteiger partial charge is 0.373 e. The van der Waals surface area contributed by atoms with Crippen molar-refractivity contribution in [2.75, 3.05) is 10.6 Å². The molecular weight excluding hydrogens is 420 g/mol. The normalized spacial score (nSPS) is 14.5. The Morgan fingerprint density at radius 2 is 2.09 bits per heavy atom. The number of hydrogen-bond donors (Lipinski definition) is 4. The maximum absolute atomic E-state index is 12.3. The second-order valence-corrected chi connectivity index (χ2v) is 7.86. The average molecular weight is 440 g/mol. The SMILES string of the molecule is CC(C)(C)c1cc(NC(=O)Nc2ccc(ON3C=NC=C4NNC=C43)cc2[N+](=O)[O-])no1. The van der Waals surface area contributed by atoms with Gasteiger partial charge in [0.1, 0.15) is 29.2 Å². The molecule has 0 saturated carbocycles. The summed E-state index contributed by atoms with van der Waals surface area (Å²) in [7, 11) is 0. The molecule has 0 bridgehead atoms. The highest BCUT2D eigenvalue weighted by Crippen LogP contribution is 2.31. The Kier molecular flexibility index (Phi) is 5.14. The number of aliphatic imine (C=N–C) groups is 1. The van der Waals surface area contributed by atoms with Crippen LogP contribution in [0.2, 0.25) is 0 Å². The highest BCUT2D eigenvalue weighted by Gasteiger charge is 2.24. The van der Waals surface area contributed by atoms with Crippen LogP contribution in [0.5, 0.6) is 5.75 Å². The zero-order chi connectivity index (χ0) is 22.9. The predicted octanol–water partition coefficient (Wildman–Crippen LogP) is 2.95. The molecule has 0 radical (unpaired) electrons. The standard InChI is InChI=1S/C19H20N8O5/c1-19(2,3)16-7-17(25-31-16)23-18(28)22-12-5-4-11(6-14(12)27(29)30)32-26-10-20-8-13-15(26)9-21-24-13/h4-10,21,24H,1-3H3,(H2,22,23,25,28). The van der Waals surface area contributed by atoms with Crippen molar-refractivity contribution >= 4 is 29.6 Å². The van der Waals surface area contributed by atoms with E-state index >= 15 is 0 Å². The first-order valence-corrected chi connectivity index (χ1v) is 9.47. The number of nitro benzene ring substituents is 1. The molecule has 1 aromatic heterocycles. The Balaban J connectivity index is 1.47. The highest BCUT2D eigenvalue weighted by molar-refractivity contribution is 6.00. The van der Waals surface area contributed by atoms with Gasteiger partial charge in [-0.05, 0) is 12.1 Å². The Hall–Kier alpha value is -4.55. The maximum Gasteiger partial charge on any atom is 0.325 e. The van der Waals surface area contributed by atoms with Crippen molar-refractivity contribution in [3.8, 4) is 5.75 Å². The van der Waals surface area contributed by atoms with Gasteiger partial charge < -0.3 is 20.1 Å². The third kappa shape index (κ3) is 4.30. The molecule has 2 aliphatic heterocycles. The van der Waals surface area contributed by atoms with Gasteiger partial charge in [-0.1, -0.05) is 25.9 Å². The molecule has 0 saturated heterocycles. The van der Waals surface area contributed by atoms with Gasteiger partial charge in [-0.2, -0.15) is 5.06 Å². The van der Waals surface area contributed by atoms with Gasteiger partial charge in [-0.15, -0.1) is 0 Å².